The Bertz CT molecular complexity index is 1210. The van der Waals surface area contributed by atoms with E-state index >= 15 is 0 Å². The highest BCUT2D eigenvalue weighted by Gasteiger charge is 2.32. The van der Waals surface area contributed by atoms with Gasteiger partial charge in [0.05, 0.1) is 5.56 Å². The fourth-order valence-electron chi connectivity index (χ4n) is 4.78. The van der Waals surface area contributed by atoms with Gasteiger partial charge in [-0.25, -0.2) is 0 Å². The number of hydrogen-bond acceptors (Lipinski definition) is 3. The van der Waals surface area contributed by atoms with Crippen LogP contribution in [0.15, 0.2) is 66.3 Å². The number of ketones is 1. The first-order chi connectivity index (χ1) is 14.0. The van der Waals surface area contributed by atoms with Crippen LogP contribution in [0.5, 0.6) is 11.5 Å². The van der Waals surface area contributed by atoms with Gasteiger partial charge < -0.3 is 10.2 Å². The average Bonchev–Trinajstić information content (AvgIpc) is 3.31. The average molecular weight is 382 g/mol. The first-order valence-corrected chi connectivity index (χ1v) is 9.98. The number of fused-ring (bicyclic) bond motifs is 2. The lowest BCUT2D eigenvalue weighted by Crippen LogP contribution is -2.19. The Morgan fingerprint density at radius 2 is 1.69 bits per heavy atom. The van der Waals surface area contributed by atoms with Gasteiger partial charge in [-0.3, -0.25) is 4.79 Å². The first kappa shape index (κ1) is 17.7. The van der Waals surface area contributed by atoms with Crippen molar-refractivity contribution in [2.24, 2.45) is 5.92 Å². The van der Waals surface area contributed by atoms with E-state index in [1.807, 2.05) is 36.4 Å². The van der Waals surface area contributed by atoms with Crippen LogP contribution in [0.1, 0.15) is 46.7 Å². The third-order valence-corrected chi connectivity index (χ3v) is 6.23. The Balaban J connectivity index is 1.67. The van der Waals surface area contributed by atoms with Crippen molar-refractivity contribution in [1.29, 1.82) is 0 Å². The number of carbonyl (C=O) groups excluding carboxylic acids is 1. The summed E-state index contributed by atoms with van der Waals surface area (Å²) in [6.07, 6.45) is 15.3. The summed E-state index contributed by atoms with van der Waals surface area (Å²) in [6, 6.07) is 9.71. The van der Waals surface area contributed by atoms with Crippen LogP contribution in [0.3, 0.4) is 0 Å². The van der Waals surface area contributed by atoms with Crippen LogP contribution in [-0.2, 0) is 0 Å². The maximum absolute atomic E-state index is 12.3. The molecule has 2 aromatic rings. The molecule has 3 aliphatic rings. The maximum Gasteiger partial charge on any atom is 0.163 e. The lowest BCUT2D eigenvalue weighted by atomic mass is 9.86. The normalized spacial score (nSPS) is 21.9. The van der Waals surface area contributed by atoms with Gasteiger partial charge in [0.15, 0.2) is 5.78 Å². The highest BCUT2D eigenvalue weighted by molar-refractivity contribution is 5.98. The van der Waals surface area contributed by atoms with Gasteiger partial charge in [-0.2, -0.15) is 0 Å². The fraction of sp³-hybridized carbons (Fsp3) is 0.192. The van der Waals surface area contributed by atoms with Gasteiger partial charge in [0.25, 0.3) is 0 Å². The van der Waals surface area contributed by atoms with Crippen molar-refractivity contribution in [3.8, 4) is 11.5 Å². The topological polar surface area (TPSA) is 57.5 Å². The van der Waals surface area contributed by atoms with E-state index in [-0.39, 0.29) is 40.6 Å². The Morgan fingerprint density at radius 3 is 2.34 bits per heavy atom. The molecular weight excluding hydrogens is 360 g/mol. The molecule has 0 aliphatic heterocycles. The summed E-state index contributed by atoms with van der Waals surface area (Å²) in [6.45, 7) is 1.45. The molecule has 0 bridgehead atoms. The summed E-state index contributed by atoms with van der Waals surface area (Å²) < 4.78 is 0. The van der Waals surface area contributed by atoms with E-state index in [0.717, 1.165) is 16.9 Å². The predicted octanol–water partition coefficient (Wildman–Crippen LogP) is 3.81. The Labute approximate surface area is 169 Å². The molecule has 2 N–H and O–H groups in total. The van der Waals surface area contributed by atoms with Crippen molar-refractivity contribution in [2.75, 3.05) is 0 Å². The van der Waals surface area contributed by atoms with Crippen LogP contribution in [0.4, 0.5) is 0 Å². The maximum atomic E-state index is 12.3. The third-order valence-electron chi connectivity index (χ3n) is 6.23. The smallest absolute Gasteiger partial charge is 0.163 e. The number of phenols is 2. The van der Waals surface area contributed by atoms with Crippen molar-refractivity contribution in [2.45, 2.75) is 25.2 Å². The molecule has 0 fully saturated rings. The molecule has 0 heterocycles. The lowest BCUT2D eigenvalue weighted by Gasteiger charge is -2.20. The highest BCUT2D eigenvalue weighted by Crippen LogP contribution is 2.49. The zero-order valence-electron chi connectivity index (χ0n) is 16.2. The molecule has 0 amide bonds. The number of allylic oxidation sites excluding steroid dienone is 6. The van der Waals surface area contributed by atoms with Gasteiger partial charge in [0.1, 0.15) is 11.5 Å². The Kier molecular flexibility index (Phi) is 4.06. The molecule has 3 heteroatoms. The zero-order chi connectivity index (χ0) is 20.1. The summed E-state index contributed by atoms with van der Waals surface area (Å²) in [5.41, 5.74) is 2.59. The molecular formula is C26H22O3. The standard InChI is InChI=1S/C26H22O3/c1-15(27)22-14-23(20-10-16-6-2-3-7-17(16)11-20)26(29)24(25(22)28)21-12-18-8-4-5-9-19(18)13-21/h2-12,14,19-21,28-29H,13H2,1H3. The van der Waals surface area contributed by atoms with E-state index in [2.05, 4.69) is 30.4 Å². The number of Topliss-reactive ketones (excluding diaryl/α,β-unsaturated/α-hetero) is 1. The number of hydrogen-bond donors (Lipinski definition) is 2. The molecule has 3 nitrogen and oxygen atoms in total. The number of phenolic OH excluding ortho intramolecular Hbond substituents is 2. The molecule has 144 valence electrons. The summed E-state index contributed by atoms with van der Waals surface area (Å²) in [5, 5.41) is 24.4. The van der Waals surface area contributed by atoms with E-state index in [1.54, 1.807) is 6.07 Å². The molecule has 3 aliphatic carbocycles. The lowest BCUT2D eigenvalue weighted by molar-refractivity contribution is 0.101. The largest absolute Gasteiger partial charge is 0.507 e. The SMILES string of the molecule is CC(=O)c1cc(C2C=c3ccccc3=C2)c(O)c(C2C=C3C=CC=CC3C2)c1O. The van der Waals surface area contributed by atoms with E-state index in [1.165, 1.54) is 12.5 Å². The number of rotatable bonds is 3. The van der Waals surface area contributed by atoms with Gasteiger partial charge in [0.2, 0.25) is 0 Å². The summed E-state index contributed by atoms with van der Waals surface area (Å²) in [4.78, 5) is 12.3. The first-order valence-electron chi connectivity index (χ1n) is 9.98. The van der Waals surface area contributed by atoms with Gasteiger partial charge in [-0.1, -0.05) is 66.8 Å². The molecule has 2 atom stereocenters. The van der Waals surface area contributed by atoms with Gasteiger partial charge in [-0.05, 0) is 35.4 Å². The molecule has 29 heavy (non-hydrogen) atoms. The van der Waals surface area contributed by atoms with Crippen molar-refractivity contribution in [1.82, 2.24) is 0 Å². The van der Waals surface area contributed by atoms with E-state index in [9.17, 15) is 15.0 Å². The van der Waals surface area contributed by atoms with Gasteiger partial charge >= 0.3 is 0 Å². The van der Waals surface area contributed by atoms with Gasteiger partial charge in [0, 0.05) is 28.9 Å². The summed E-state index contributed by atoms with van der Waals surface area (Å²) in [7, 11) is 0. The van der Waals surface area contributed by atoms with Crippen LogP contribution < -0.4 is 10.4 Å². The minimum atomic E-state index is -0.205. The van der Waals surface area contributed by atoms with Crippen LogP contribution in [0.2, 0.25) is 0 Å². The zero-order valence-corrected chi connectivity index (χ0v) is 16.2. The molecule has 0 saturated heterocycles. The van der Waals surface area contributed by atoms with Crippen LogP contribution in [0.25, 0.3) is 12.2 Å². The Morgan fingerprint density at radius 1 is 0.966 bits per heavy atom. The molecule has 5 rings (SSSR count). The molecule has 0 saturated carbocycles. The van der Waals surface area contributed by atoms with E-state index in [0.29, 0.717) is 11.1 Å². The number of benzene rings is 2. The van der Waals surface area contributed by atoms with E-state index < -0.39 is 0 Å². The van der Waals surface area contributed by atoms with Crippen molar-refractivity contribution < 1.29 is 15.0 Å². The molecule has 2 unspecified atom stereocenters. The second kappa shape index (κ2) is 6.63. The third kappa shape index (κ3) is 2.85. The Hall–Kier alpha value is -3.33. The number of carbonyl (C=O) groups is 1. The summed E-state index contributed by atoms with van der Waals surface area (Å²) in [5.74, 6) is -0.204. The molecule has 2 aromatic carbocycles. The molecule has 0 radical (unpaired) electrons. The summed E-state index contributed by atoms with van der Waals surface area (Å²) >= 11 is 0. The minimum absolute atomic E-state index is 0.0891. The quantitative estimate of drug-likeness (QED) is 0.794. The van der Waals surface area contributed by atoms with Crippen molar-refractivity contribution >= 4 is 17.9 Å². The number of aromatic hydroxyl groups is 2. The van der Waals surface area contributed by atoms with Gasteiger partial charge in [-0.15, -0.1) is 0 Å². The van der Waals surface area contributed by atoms with E-state index in [4.69, 9.17) is 0 Å². The second-order valence-corrected chi connectivity index (χ2v) is 8.03. The van der Waals surface area contributed by atoms with Crippen molar-refractivity contribution in [3.63, 3.8) is 0 Å². The van der Waals surface area contributed by atoms with Crippen LogP contribution >= 0.6 is 0 Å². The monoisotopic (exact) mass is 382 g/mol. The van der Waals surface area contributed by atoms with Crippen LogP contribution in [0, 0.1) is 5.92 Å². The second-order valence-electron chi connectivity index (χ2n) is 8.03. The van der Waals surface area contributed by atoms with Crippen LogP contribution in [-0.4, -0.2) is 16.0 Å². The molecule has 0 spiro atoms. The fourth-order valence-corrected chi connectivity index (χ4v) is 4.78. The minimum Gasteiger partial charge on any atom is -0.507 e. The highest BCUT2D eigenvalue weighted by atomic mass is 16.3. The predicted molar refractivity (Wildman–Crippen MR) is 114 cm³/mol. The molecule has 0 aromatic heterocycles. The van der Waals surface area contributed by atoms with Crippen molar-refractivity contribution in [3.05, 3.63) is 93.4 Å².